The van der Waals surface area contributed by atoms with Gasteiger partial charge in [-0.3, -0.25) is 0 Å². The highest BCUT2D eigenvalue weighted by atomic mass is 16.6. The van der Waals surface area contributed by atoms with E-state index in [2.05, 4.69) is 13.2 Å². The van der Waals surface area contributed by atoms with Crippen LogP contribution in [-0.4, -0.2) is 46.6 Å². The summed E-state index contributed by atoms with van der Waals surface area (Å²) < 4.78 is 11.0. The number of fused-ring (bicyclic) bond motifs is 1. The highest BCUT2D eigenvalue weighted by Crippen LogP contribution is 2.37. The molecule has 5 atom stereocenters. The minimum atomic E-state index is -0.958. The van der Waals surface area contributed by atoms with Crippen molar-refractivity contribution in [3.05, 3.63) is 47.6 Å². The fourth-order valence-corrected chi connectivity index (χ4v) is 3.10. The molecule has 142 valence electrons. The van der Waals surface area contributed by atoms with Gasteiger partial charge in [-0.25, -0.2) is 9.59 Å². The van der Waals surface area contributed by atoms with Crippen LogP contribution in [0.3, 0.4) is 0 Å². The van der Waals surface area contributed by atoms with Crippen LogP contribution in [0.25, 0.3) is 0 Å². The lowest BCUT2D eigenvalue weighted by atomic mass is 9.83. The molecule has 1 aliphatic heterocycles. The van der Waals surface area contributed by atoms with Gasteiger partial charge < -0.3 is 19.7 Å². The molecule has 0 unspecified atom stereocenters. The highest BCUT2D eigenvalue weighted by Gasteiger charge is 2.45. The van der Waals surface area contributed by atoms with E-state index in [4.69, 9.17) is 9.47 Å². The fourth-order valence-electron chi connectivity index (χ4n) is 3.10. The smallest absolute Gasteiger partial charge is 0.334 e. The number of hydrogen-bond acceptors (Lipinski definition) is 6. The second kappa shape index (κ2) is 8.01. The second-order valence-corrected chi connectivity index (χ2v) is 6.88. The van der Waals surface area contributed by atoms with Crippen LogP contribution in [0.5, 0.6) is 0 Å². The van der Waals surface area contributed by atoms with E-state index >= 15 is 0 Å². The van der Waals surface area contributed by atoms with E-state index in [0.29, 0.717) is 16.7 Å². The first kappa shape index (κ1) is 20.1. The number of aliphatic hydroxyl groups is 2. The average Bonchev–Trinajstić information content (AvgIpc) is 2.86. The van der Waals surface area contributed by atoms with Crippen molar-refractivity contribution in [2.75, 3.05) is 0 Å². The Morgan fingerprint density at radius 3 is 2.62 bits per heavy atom. The Bertz CT molecular complexity index is 686. The molecule has 0 saturated carbocycles. The molecule has 2 aliphatic rings. The maximum Gasteiger partial charge on any atom is 0.334 e. The molecule has 1 fully saturated rings. The summed E-state index contributed by atoms with van der Waals surface area (Å²) in [4.78, 5) is 24.3. The Hall–Kier alpha value is -2.18. The molecule has 0 spiro atoms. The minimum Gasteiger partial charge on any atom is -0.458 e. The maximum atomic E-state index is 12.3. The SMILES string of the molecule is C=C1C(=O)O[C@H]2/C=C(/C)[C@H](O)C[C@@H](O)C(=C)C[C@@H](OC(=O)/C(C)=C\C)[C@@H]12. The number of carbonyl (C=O) groups excluding carboxylic acids is 2. The van der Waals surface area contributed by atoms with Crippen molar-refractivity contribution in [3.8, 4) is 0 Å². The van der Waals surface area contributed by atoms with Gasteiger partial charge in [0.25, 0.3) is 0 Å². The first-order valence-electron chi connectivity index (χ1n) is 8.61. The molecule has 1 aliphatic carbocycles. The van der Waals surface area contributed by atoms with Crippen LogP contribution < -0.4 is 0 Å². The normalized spacial score (nSPS) is 35.3. The molecule has 1 heterocycles. The number of ether oxygens (including phenoxy) is 2. The summed E-state index contributed by atoms with van der Waals surface area (Å²) in [5.41, 5.74) is 1.61. The third kappa shape index (κ3) is 4.14. The lowest BCUT2D eigenvalue weighted by Crippen LogP contribution is -2.36. The predicted octanol–water partition coefficient (Wildman–Crippen LogP) is 1.98. The molecule has 0 aromatic heterocycles. The van der Waals surface area contributed by atoms with E-state index in [1.807, 2.05) is 0 Å². The number of rotatable bonds is 2. The molecular formula is C20H26O6. The summed E-state index contributed by atoms with van der Waals surface area (Å²) >= 11 is 0. The zero-order chi connectivity index (χ0) is 19.6. The topological polar surface area (TPSA) is 93.1 Å². The molecule has 0 aromatic carbocycles. The Kier molecular flexibility index (Phi) is 6.21. The number of allylic oxidation sites excluding steroid dienone is 1. The fraction of sp³-hybridized carbons (Fsp3) is 0.500. The molecule has 6 nitrogen and oxygen atoms in total. The van der Waals surface area contributed by atoms with E-state index in [1.54, 1.807) is 32.9 Å². The molecule has 0 bridgehead atoms. The molecule has 6 heteroatoms. The molecule has 1 saturated heterocycles. The van der Waals surface area contributed by atoms with Gasteiger partial charge in [-0.2, -0.15) is 0 Å². The summed E-state index contributed by atoms with van der Waals surface area (Å²) in [6, 6.07) is 0. The maximum absolute atomic E-state index is 12.3. The van der Waals surface area contributed by atoms with Crippen LogP contribution in [-0.2, 0) is 19.1 Å². The van der Waals surface area contributed by atoms with Gasteiger partial charge in [0.1, 0.15) is 12.2 Å². The van der Waals surface area contributed by atoms with Gasteiger partial charge in [0.2, 0.25) is 0 Å². The number of aliphatic hydroxyl groups excluding tert-OH is 2. The molecular weight excluding hydrogens is 336 g/mol. The van der Waals surface area contributed by atoms with Crippen molar-refractivity contribution in [2.45, 2.75) is 58.0 Å². The standard InChI is InChI=1S/C20H26O6/c1-6-10(2)19(23)25-16-7-11(3)14(21)9-15(22)12(4)8-17-18(16)13(5)20(24)26-17/h6,8,14-18,21-22H,3,5,7,9H2,1-2,4H3/b10-6-,12-8-/t14-,15-,16-,17+,18-/m1/s1. The van der Waals surface area contributed by atoms with Gasteiger partial charge in [-0.05, 0) is 38.0 Å². The van der Waals surface area contributed by atoms with Crippen molar-refractivity contribution >= 4 is 11.9 Å². The van der Waals surface area contributed by atoms with Crippen molar-refractivity contribution in [1.82, 2.24) is 0 Å². The van der Waals surface area contributed by atoms with Crippen molar-refractivity contribution in [2.24, 2.45) is 5.92 Å². The molecule has 0 amide bonds. The average molecular weight is 362 g/mol. The van der Waals surface area contributed by atoms with Gasteiger partial charge >= 0.3 is 11.9 Å². The summed E-state index contributed by atoms with van der Waals surface area (Å²) in [5.74, 6) is -1.68. The van der Waals surface area contributed by atoms with Crippen LogP contribution in [0.1, 0.15) is 33.6 Å². The molecule has 0 radical (unpaired) electrons. The van der Waals surface area contributed by atoms with Crippen molar-refractivity contribution in [1.29, 1.82) is 0 Å². The first-order valence-corrected chi connectivity index (χ1v) is 8.61. The van der Waals surface area contributed by atoms with Crippen LogP contribution in [0, 0.1) is 5.92 Å². The van der Waals surface area contributed by atoms with E-state index in [-0.39, 0.29) is 18.4 Å². The Labute approximate surface area is 153 Å². The van der Waals surface area contributed by atoms with Gasteiger partial charge in [0, 0.05) is 24.0 Å². The van der Waals surface area contributed by atoms with Crippen LogP contribution in [0.4, 0.5) is 0 Å². The van der Waals surface area contributed by atoms with Gasteiger partial charge in [0.15, 0.2) is 0 Å². The van der Waals surface area contributed by atoms with Gasteiger partial charge in [0.05, 0.1) is 18.1 Å². The van der Waals surface area contributed by atoms with Crippen LogP contribution in [0.2, 0.25) is 0 Å². The predicted molar refractivity (Wildman–Crippen MR) is 96.0 cm³/mol. The molecule has 0 aromatic rings. The van der Waals surface area contributed by atoms with Crippen molar-refractivity contribution < 1.29 is 29.3 Å². The number of carbonyl (C=O) groups is 2. The third-order valence-corrected chi connectivity index (χ3v) is 5.01. The second-order valence-electron chi connectivity index (χ2n) is 6.88. The van der Waals surface area contributed by atoms with Gasteiger partial charge in [-0.1, -0.05) is 19.2 Å². The number of hydrogen-bond donors (Lipinski definition) is 2. The zero-order valence-electron chi connectivity index (χ0n) is 15.4. The first-order chi connectivity index (χ1) is 12.1. The van der Waals surface area contributed by atoms with E-state index in [0.717, 1.165) is 0 Å². The van der Waals surface area contributed by atoms with Crippen LogP contribution >= 0.6 is 0 Å². The summed E-state index contributed by atoms with van der Waals surface area (Å²) in [5, 5.41) is 20.5. The lowest BCUT2D eigenvalue weighted by molar-refractivity contribution is -0.147. The zero-order valence-corrected chi connectivity index (χ0v) is 15.4. The molecule has 26 heavy (non-hydrogen) atoms. The Morgan fingerprint density at radius 1 is 1.35 bits per heavy atom. The monoisotopic (exact) mass is 362 g/mol. The van der Waals surface area contributed by atoms with E-state index in [1.165, 1.54) is 0 Å². The Balaban J connectivity index is 2.45. The molecule has 2 N–H and O–H groups in total. The quantitative estimate of drug-likeness (QED) is 0.443. The highest BCUT2D eigenvalue weighted by molar-refractivity contribution is 5.92. The third-order valence-electron chi connectivity index (χ3n) is 5.01. The van der Waals surface area contributed by atoms with Crippen LogP contribution in [0.15, 0.2) is 47.6 Å². The summed E-state index contributed by atoms with van der Waals surface area (Å²) in [6.07, 6.45) is 0.173. The summed E-state index contributed by atoms with van der Waals surface area (Å²) in [6.45, 7) is 12.7. The largest absolute Gasteiger partial charge is 0.458 e. The van der Waals surface area contributed by atoms with Crippen molar-refractivity contribution in [3.63, 3.8) is 0 Å². The lowest BCUT2D eigenvalue weighted by Gasteiger charge is -2.30. The molecule has 2 rings (SSSR count). The van der Waals surface area contributed by atoms with E-state index in [9.17, 15) is 19.8 Å². The summed E-state index contributed by atoms with van der Waals surface area (Å²) in [7, 11) is 0. The number of esters is 2. The minimum absolute atomic E-state index is 0.0714. The Morgan fingerprint density at radius 2 is 2.00 bits per heavy atom. The van der Waals surface area contributed by atoms with E-state index < -0.39 is 42.3 Å². The van der Waals surface area contributed by atoms with Gasteiger partial charge in [-0.15, -0.1) is 0 Å².